The van der Waals surface area contributed by atoms with Crippen molar-refractivity contribution >= 4 is 35.0 Å². The van der Waals surface area contributed by atoms with E-state index in [1.54, 1.807) is 18.5 Å². The lowest BCUT2D eigenvalue weighted by Gasteiger charge is -2.17. The third-order valence-corrected chi connectivity index (χ3v) is 2.93. The van der Waals surface area contributed by atoms with Crippen LogP contribution in [0.1, 0.15) is 0 Å². The van der Waals surface area contributed by atoms with E-state index in [9.17, 15) is 9.59 Å². The molecule has 0 spiro atoms. The molecule has 6 nitrogen and oxygen atoms in total. The Morgan fingerprint density at radius 1 is 1.44 bits per heavy atom. The van der Waals surface area contributed by atoms with Crippen molar-refractivity contribution in [2.75, 3.05) is 35.8 Å². The molecule has 0 aliphatic rings. The smallest absolute Gasteiger partial charge is 0.313 e. The minimum absolute atomic E-state index is 0.0823. The maximum absolute atomic E-state index is 11.6. The van der Waals surface area contributed by atoms with Crippen LogP contribution < -0.4 is 10.2 Å². The van der Waals surface area contributed by atoms with Crippen molar-refractivity contribution < 1.29 is 14.7 Å². The molecular weight excluding hydrogens is 254 g/mol. The van der Waals surface area contributed by atoms with Crippen LogP contribution in [0.4, 0.5) is 11.4 Å². The van der Waals surface area contributed by atoms with E-state index in [1.807, 2.05) is 19.0 Å². The van der Waals surface area contributed by atoms with Gasteiger partial charge in [0.05, 0.1) is 29.1 Å². The molecule has 7 heteroatoms. The predicted molar refractivity (Wildman–Crippen MR) is 72.2 cm³/mol. The van der Waals surface area contributed by atoms with Crippen LogP contribution in [0, 0.1) is 0 Å². The average Bonchev–Trinajstić information content (AvgIpc) is 2.28. The molecule has 0 fully saturated rings. The van der Waals surface area contributed by atoms with E-state index < -0.39 is 5.97 Å². The van der Waals surface area contributed by atoms with Gasteiger partial charge in [0.15, 0.2) is 0 Å². The van der Waals surface area contributed by atoms with Gasteiger partial charge in [0.25, 0.3) is 0 Å². The number of nitrogens with one attached hydrogen (secondary N) is 1. The van der Waals surface area contributed by atoms with Crippen LogP contribution in [0.2, 0.25) is 0 Å². The zero-order chi connectivity index (χ0) is 13.5. The van der Waals surface area contributed by atoms with E-state index in [-0.39, 0.29) is 17.4 Å². The first-order valence-electron chi connectivity index (χ1n) is 5.21. The van der Waals surface area contributed by atoms with Crippen LogP contribution in [0.5, 0.6) is 0 Å². The third kappa shape index (κ3) is 4.62. The Morgan fingerprint density at radius 3 is 2.78 bits per heavy atom. The van der Waals surface area contributed by atoms with Crippen molar-refractivity contribution in [3.8, 4) is 0 Å². The number of nitrogens with zero attached hydrogens (tertiary/aromatic N) is 2. The highest BCUT2D eigenvalue weighted by atomic mass is 32.2. The summed E-state index contributed by atoms with van der Waals surface area (Å²) in [5.41, 5.74) is 1.46. The molecule has 0 unspecified atom stereocenters. The summed E-state index contributed by atoms with van der Waals surface area (Å²) in [6, 6.07) is 1.79. The number of carboxylic acid groups (broad SMARTS) is 1. The van der Waals surface area contributed by atoms with Crippen molar-refractivity contribution in [3.05, 3.63) is 18.5 Å². The number of anilines is 2. The van der Waals surface area contributed by atoms with Gasteiger partial charge in [-0.2, -0.15) is 0 Å². The Balaban J connectivity index is 2.56. The second-order valence-electron chi connectivity index (χ2n) is 3.72. The van der Waals surface area contributed by atoms with E-state index in [0.29, 0.717) is 5.69 Å². The summed E-state index contributed by atoms with van der Waals surface area (Å²) in [6.07, 6.45) is 3.21. The van der Waals surface area contributed by atoms with Crippen LogP contribution >= 0.6 is 11.8 Å². The Labute approximate surface area is 109 Å². The Bertz CT molecular complexity index is 437. The molecule has 2 N–H and O–H groups in total. The summed E-state index contributed by atoms with van der Waals surface area (Å²) in [7, 11) is 3.73. The number of thioether (sulfide) groups is 1. The zero-order valence-electron chi connectivity index (χ0n) is 10.2. The summed E-state index contributed by atoms with van der Waals surface area (Å²) in [5.74, 6) is -1.14. The van der Waals surface area contributed by atoms with Crippen LogP contribution in [-0.4, -0.2) is 47.6 Å². The van der Waals surface area contributed by atoms with Crippen LogP contribution in [0.15, 0.2) is 18.5 Å². The maximum atomic E-state index is 11.6. The lowest BCUT2D eigenvalue weighted by molar-refractivity contribution is -0.133. The molecule has 1 aromatic heterocycles. The number of hydrogen-bond donors (Lipinski definition) is 2. The highest BCUT2D eigenvalue weighted by Gasteiger charge is 2.09. The summed E-state index contributed by atoms with van der Waals surface area (Å²) < 4.78 is 0. The molecule has 1 amide bonds. The van der Waals surface area contributed by atoms with E-state index in [1.165, 1.54) is 0 Å². The Morgan fingerprint density at radius 2 is 2.17 bits per heavy atom. The van der Waals surface area contributed by atoms with Crippen molar-refractivity contribution in [2.45, 2.75) is 0 Å². The highest BCUT2D eigenvalue weighted by Crippen LogP contribution is 2.22. The van der Waals surface area contributed by atoms with Crippen LogP contribution in [-0.2, 0) is 9.59 Å². The number of aliphatic carboxylic acids is 1. The Kier molecular flexibility index (Phi) is 5.44. The highest BCUT2D eigenvalue weighted by molar-refractivity contribution is 8.00. The van der Waals surface area contributed by atoms with E-state index in [0.717, 1.165) is 17.4 Å². The van der Waals surface area contributed by atoms with E-state index in [2.05, 4.69) is 10.3 Å². The third-order valence-electron chi connectivity index (χ3n) is 2.01. The minimum atomic E-state index is -0.928. The van der Waals surface area contributed by atoms with Gasteiger partial charge in [-0.3, -0.25) is 14.6 Å². The van der Waals surface area contributed by atoms with Gasteiger partial charge >= 0.3 is 5.97 Å². The number of amides is 1. The van der Waals surface area contributed by atoms with Crippen LogP contribution in [0.25, 0.3) is 0 Å². The number of carbonyl (C=O) groups excluding carboxylic acids is 1. The van der Waals surface area contributed by atoms with Crippen molar-refractivity contribution in [1.82, 2.24) is 4.98 Å². The second kappa shape index (κ2) is 6.85. The summed E-state index contributed by atoms with van der Waals surface area (Å²) in [4.78, 5) is 27.7. The van der Waals surface area contributed by atoms with Gasteiger partial charge in [0.1, 0.15) is 0 Å². The fourth-order valence-electron chi connectivity index (χ4n) is 1.29. The van der Waals surface area contributed by atoms with E-state index >= 15 is 0 Å². The first-order valence-corrected chi connectivity index (χ1v) is 6.37. The van der Waals surface area contributed by atoms with Gasteiger partial charge < -0.3 is 15.3 Å². The molecule has 0 aliphatic carbocycles. The molecule has 0 atom stereocenters. The normalized spacial score (nSPS) is 9.89. The molecule has 0 radical (unpaired) electrons. The molecular formula is C11H15N3O3S. The molecule has 1 heterocycles. The van der Waals surface area contributed by atoms with Crippen LogP contribution in [0.3, 0.4) is 0 Å². The quantitative estimate of drug-likeness (QED) is 0.798. The molecule has 98 valence electrons. The van der Waals surface area contributed by atoms with Gasteiger partial charge in [-0.15, -0.1) is 11.8 Å². The number of carboxylic acids is 1. The lowest BCUT2D eigenvalue weighted by Crippen LogP contribution is -2.18. The van der Waals surface area contributed by atoms with Gasteiger partial charge in [-0.1, -0.05) is 0 Å². The molecule has 0 aliphatic heterocycles. The monoisotopic (exact) mass is 269 g/mol. The lowest BCUT2D eigenvalue weighted by atomic mass is 10.3. The van der Waals surface area contributed by atoms with Crippen molar-refractivity contribution in [3.63, 3.8) is 0 Å². The molecule has 0 aromatic carbocycles. The fraction of sp³-hybridized carbons (Fsp3) is 0.364. The maximum Gasteiger partial charge on any atom is 0.313 e. The first kappa shape index (κ1) is 14.3. The average molecular weight is 269 g/mol. The number of carbonyl (C=O) groups is 2. The summed E-state index contributed by atoms with van der Waals surface area (Å²) in [5, 5.41) is 11.2. The van der Waals surface area contributed by atoms with Crippen molar-refractivity contribution in [2.24, 2.45) is 0 Å². The topological polar surface area (TPSA) is 82.5 Å². The molecule has 18 heavy (non-hydrogen) atoms. The fourth-order valence-corrected chi connectivity index (χ4v) is 1.82. The Hall–Kier alpha value is -1.76. The number of rotatable bonds is 6. The summed E-state index contributed by atoms with van der Waals surface area (Å²) in [6.45, 7) is 0. The molecule has 0 saturated heterocycles. The zero-order valence-corrected chi connectivity index (χ0v) is 11.0. The second-order valence-corrected chi connectivity index (χ2v) is 4.71. The first-order chi connectivity index (χ1) is 8.50. The molecule has 1 rings (SSSR count). The molecule has 0 saturated carbocycles. The van der Waals surface area contributed by atoms with Gasteiger partial charge in [0.2, 0.25) is 5.91 Å². The van der Waals surface area contributed by atoms with Crippen molar-refractivity contribution in [1.29, 1.82) is 0 Å². The number of aromatic nitrogens is 1. The molecule has 0 bridgehead atoms. The number of hydrogen-bond acceptors (Lipinski definition) is 5. The van der Waals surface area contributed by atoms with E-state index in [4.69, 9.17) is 5.11 Å². The standard InChI is InChI=1S/C11H15N3O3S/c1-14(2)9-3-4-12-5-8(9)13-10(15)6-18-7-11(16)17/h3-5H,6-7H2,1-2H3,(H,13,15)(H,16,17). The number of pyridine rings is 1. The van der Waals surface area contributed by atoms with Gasteiger partial charge in [-0.05, 0) is 6.07 Å². The minimum Gasteiger partial charge on any atom is -0.481 e. The summed E-state index contributed by atoms with van der Waals surface area (Å²) >= 11 is 1.06. The predicted octanol–water partition coefficient (Wildman–Crippen LogP) is 0.904. The molecule has 1 aromatic rings. The van der Waals surface area contributed by atoms with Gasteiger partial charge in [-0.25, -0.2) is 0 Å². The largest absolute Gasteiger partial charge is 0.481 e. The SMILES string of the molecule is CN(C)c1ccncc1NC(=O)CSCC(=O)O. The van der Waals surface area contributed by atoms with Gasteiger partial charge in [0, 0.05) is 20.3 Å².